The Kier molecular flexibility index (Phi) is 3.22. The van der Waals surface area contributed by atoms with Crippen LogP contribution in [-0.2, 0) is 12.8 Å². The Morgan fingerprint density at radius 1 is 1.22 bits per heavy atom. The van der Waals surface area contributed by atoms with Crippen LogP contribution in [0, 0.1) is 6.92 Å². The predicted octanol–water partition coefficient (Wildman–Crippen LogP) is 5.24. The van der Waals surface area contributed by atoms with Crippen molar-refractivity contribution in [1.82, 2.24) is 14.5 Å². The maximum Gasteiger partial charge on any atom is 0.0529 e. The largest absolute Gasteiger partial charge is 0.320 e. The molecule has 2 unspecified atom stereocenters. The minimum atomic E-state index is 0.527. The van der Waals surface area contributed by atoms with Crippen LogP contribution in [0.3, 0.4) is 0 Å². The molecule has 0 radical (unpaired) electrons. The summed E-state index contributed by atoms with van der Waals surface area (Å²) in [6, 6.07) is 9.80. The molecule has 4 heteroatoms. The van der Waals surface area contributed by atoms with Gasteiger partial charge in [-0.25, -0.2) is 0 Å². The summed E-state index contributed by atoms with van der Waals surface area (Å²) in [6.45, 7) is 2.07. The molecule has 4 heterocycles. The number of hydrogen-bond acceptors (Lipinski definition) is 2. The summed E-state index contributed by atoms with van der Waals surface area (Å²) in [5, 5.41) is 2.16. The second-order valence-electron chi connectivity index (χ2n) is 8.32. The Bertz CT molecular complexity index is 1140. The van der Waals surface area contributed by atoms with E-state index in [-0.39, 0.29) is 0 Å². The van der Waals surface area contributed by atoms with Crippen molar-refractivity contribution < 1.29 is 0 Å². The number of aromatic nitrogens is 2. The minimum Gasteiger partial charge on any atom is -0.320 e. The zero-order chi connectivity index (χ0) is 18.3. The van der Waals surface area contributed by atoms with Gasteiger partial charge in [0, 0.05) is 59.1 Å². The molecule has 136 valence electrons. The van der Waals surface area contributed by atoms with E-state index in [0.717, 1.165) is 23.6 Å². The summed E-state index contributed by atoms with van der Waals surface area (Å²) in [5.41, 5.74) is 9.51. The van der Waals surface area contributed by atoms with Crippen LogP contribution in [0.1, 0.15) is 47.0 Å². The first-order chi connectivity index (χ1) is 13.1. The van der Waals surface area contributed by atoms with Gasteiger partial charge in [-0.05, 0) is 73.3 Å². The highest BCUT2D eigenvalue weighted by molar-refractivity contribution is 6.31. The molecule has 3 aromatic rings. The second kappa shape index (κ2) is 5.46. The molecule has 3 nitrogen and oxygen atoms in total. The molecule has 0 saturated carbocycles. The van der Waals surface area contributed by atoms with Gasteiger partial charge in [0.25, 0.3) is 0 Å². The van der Waals surface area contributed by atoms with Crippen LogP contribution in [-0.4, -0.2) is 27.5 Å². The zero-order valence-corrected chi connectivity index (χ0v) is 16.4. The summed E-state index contributed by atoms with van der Waals surface area (Å²) < 4.78 is 2.47. The third-order valence-electron chi connectivity index (χ3n) is 6.85. The molecule has 2 aliphatic heterocycles. The number of nitrogens with zero attached hydrogens (tertiary/aromatic N) is 3. The van der Waals surface area contributed by atoms with Crippen molar-refractivity contribution in [2.24, 2.45) is 0 Å². The van der Waals surface area contributed by atoms with E-state index in [1.807, 2.05) is 12.3 Å². The summed E-state index contributed by atoms with van der Waals surface area (Å²) >= 11 is 6.39. The molecule has 2 atom stereocenters. The first kappa shape index (κ1) is 15.9. The Labute approximate surface area is 164 Å². The minimum absolute atomic E-state index is 0.527. The number of likely N-dealkylation sites (N-methyl/N-ethyl adjacent to an activating group) is 1. The molecule has 2 aromatic heterocycles. The Hall–Kier alpha value is -2.10. The highest BCUT2D eigenvalue weighted by atomic mass is 35.5. The van der Waals surface area contributed by atoms with Gasteiger partial charge in [0.15, 0.2) is 0 Å². The van der Waals surface area contributed by atoms with Crippen molar-refractivity contribution in [1.29, 1.82) is 0 Å². The van der Waals surface area contributed by atoms with Crippen LogP contribution in [0.2, 0.25) is 5.02 Å². The number of aryl methyl sites for hydroxylation is 1. The molecular weight excluding hydrogens is 354 g/mol. The Morgan fingerprint density at radius 3 is 3.00 bits per heavy atom. The van der Waals surface area contributed by atoms with E-state index in [0.29, 0.717) is 12.1 Å². The third kappa shape index (κ3) is 2.16. The Balaban J connectivity index is 1.59. The molecule has 0 amide bonds. The molecule has 0 N–H and O–H groups in total. The van der Waals surface area contributed by atoms with Crippen LogP contribution in [0.25, 0.3) is 22.7 Å². The van der Waals surface area contributed by atoms with E-state index in [9.17, 15) is 0 Å². The molecule has 0 spiro atoms. The standard InChI is InChI=1S/C23H22ClN3/c1-13-7-18-14(11-25-13)8-15(18)12-27-20-5-3-16(24)9-19(20)23-21-6-4-17(26(21)2)10-22(23)27/h3,5,7,9,11-12,17,21H,4,6,8,10H2,1-2H3/b15-12+. The predicted molar refractivity (Wildman–Crippen MR) is 111 cm³/mol. The van der Waals surface area contributed by atoms with Crippen molar-refractivity contribution in [3.63, 3.8) is 0 Å². The fourth-order valence-corrected chi connectivity index (χ4v) is 5.59. The molecule has 6 rings (SSSR count). The zero-order valence-electron chi connectivity index (χ0n) is 15.7. The Morgan fingerprint density at radius 2 is 2.11 bits per heavy atom. The number of halogens is 1. The molecule has 1 aliphatic carbocycles. The van der Waals surface area contributed by atoms with Crippen molar-refractivity contribution in [2.45, 2.75) is 44.7 Å². The lowest BCUT2D eigenvalue weighted by Gasteiger charge is -2.32. The summed E-state index contributed by atoms with van der Waals surface area (Å²) in [5.74, 6) is 0. The van der Waals surface area contributed by atoms with Crippen LogP contribution >= 0.6 is 11.6 Å². The van der Waals surface area contributed by atoms with Gasteiger partial charge in [0.2, 0.25) is 0 Å². The molecular formula is C23H22ClN3. The van der Waals surface area contributed by atoms with Crippen LogP contribution < -0.4 is 0 Å². The second-order valence-corrected chi connectivity index (χ2v) is 8.76. The number of pyridine rings is 1. The number of rotatable bonds is 1. The molecule has 3 aliphatic rings. The van der Waals surface area contributed by atoms with E-state index in [2.05, 4.69) is 52.8 Å². The van der Waals surface area contributed by atoms with Crippen LogP contribution in [0.15, 0.2) is 30.5 Å². The lowest BCUT2D eigenvalue weighted by molar-refractivity contribution is 0.223. The van der Waals surface area contributed by atoms with E-state index < -0.39 is 0 Å². The van der Waals surface area contributed by atoms with E-state index in [1.54, 1.807) is 0 Å². The summed E-state index contributed by atoms with van der Waals surface area (Å²) in [4.78, 5) is 7.01. The molecule has 1 fully saturated rings. The SMILES string of the molecule is Cc1cc2c(cn1)C/C2=C\n1c2c(c3cc(Cl)ccc31)C1CCC(C2)N1C. The number of fused-ring (bicyclic) bond motifs is 7. The average Bonchev–Trinajstić information content (AvgIpc) is 3.04. The lowest BCUT2D eigenvalue weighted by atomic mass is 9.84. The smallest absolute Gasteiger partial charge is 0.0529 e. The lowest BCUT2D eigenvalue weighted by Crippen LogP contribution is -2.34. The van der Waals surface area contributed by atoms with Gasteiger partial charge in [-0.3, -0.25) is 9.88 Å². The van der Waals surface area contributed by atoms with E-state index >= 15 is 0 Å². The quantitative estimate of drug-likeness (QED) is 0.579. The topological polar surface area (TPSA) is 21.1 Å². The highest BCUT2D eigenvalue weighted by Gasteiger charge is 2.40. The fraction of sp³-hybridized carbons (Fsp3) is 0.348. The van der Waals surface area contributed by atoms with E-state index in [1.165, 1.54) is 51.7 Å². The molecule has 27 heavy (non-hydrogen) atoms. The molecule has 1 saturated heterocycles. The van der Waals surface area contributed by atoms with Gasteiger partial charge in [0.05, 0.1) is 5.52 Å². The van der Waals surface area contributed by atoms with Crippen LogP contribution in [0.5, 0.6) is 0 Å². The third-order valence-corrected chi connectivity index (χ3v) is 7.08. The van der Waals surface area contributed by atoms with Crippen molar-refractivity contribution in [3.8, 4) is 0 Å². The maximum absolute atomic E-state index is 6.39. The number of allylic oxidation sites excluding steroid dienone is 1. The summed E-state index contributed by atoms with van der Waals surface area (Å²) in [7, 11) is 2.29. The first-order valence-corrected chi connectivity index (χ1v) is 10.2. The highest BCUT2D eigenvalue weighted by Crippen LogP contribution is 2.48. The molecule has 1 aromatic carbocycles. The maximum atomic E-state index is 6.39. The summed E-state index contributed by atoms with van der Waals surface area (Å²) in [6.07, 6.45) is 9.09. The van der Waals surface area contributed by atoms with Crippen molar-refractivity contribution in [3.05, 3.63) is 63.6 Å². The van der Waals surface area contributed by atoms with Gasteiger partial charge in [0.1, 0.15) is 0 Å². The normalized spacial score (nSPS) is 24.9. The van der Waals surface area contributed by atoms with Crippen molar-refractivity contribution in [2.75, 3.05) is 7.05 Å². The van der Waals surface area contributed by atoms with Crippen LogP contribution in [0.4, 0.5) is 0 Å². The van der Waals surface area contributed by atoms with Gasteiger partial charge >= 0.3 is 0 Å². The number of benzene rings is 1. The fourth-order valence-electron chi connectivity index (χ4n) is 5.41. The number of hydrogen-bond donors (Lipinski definition) is 0. The molecule has 2 bridgehead atoms. The first-order valence-electron chi connectivity index (χ1n) is 9.81. The van der Waals surface area contributed by atoms with E-state index in [4.69, 9.17) is 11.6 Å². The van der Waals surface area contributed by atoms with Crippen molar-refractivity contribution >= 4 is 34.3 Å². The van der Waals surface area contributed by atoms with Gasteiger partial charge in [-0.2, -0.15) is 0 Å². The van der Waals surface area contributed by atoms with Gasteiger partial charge in [-0.15, -0.1) is 0 Å². The van der Waals surface area contributed by atoms with Gasteiger partial charge < -0.3 is 4.57 Å². The monoisotopic (exact) mass is 375 g/mol. The van der Waals surface area contributed by atoms with Gasteiger partial charge in [-0.1, -0.05) is 11.6 Å². The average molecular weight is 376 g/mol.